The maximum absolute atomic E-state index is 12.2. The summed E-state index contributed by atoms with van der Waals surface area (Å²) in [6.45, 7) is 5.41. The zero-order chi connectivity index (χ0) is 20.0. The fourth-order valence-corrected chi connectivity index (χ4v) is 3.16. The summed E-state index contributed by atoms with van der Waals surface area (Å²) in [5.74, 6) is -0.784. The van der Waals surface area contributed by atoms with E-state index in [4.69, 9.17) is 4.74 Å². The number of benzene rings is 1. The van der Waals surface area contributed by atoms with Gasteiger partial charge in [0.2, 0.25) is 11.7 Å². The monoisotopic (exact) mass is 388 g/mol. The molecular weight excluding hydrogens is 364 g/mol. The first kappa shape index (κ1) is 20.8. The van der Waals surface area contributed by atoms with Gasteiger partial charge in [0.1, 0.15) is 0 Å². The predicted octanol–water partition coefficient (Wildman–Crippen LogP) is 3.05. The van der Waals surface area contributed by atoms with Crippen molar-refractivity contribution in [2.45, 2.75) is 20.8 Å². The molecule has 0 fully saturated rings. The van der Waals surface area contributed by atoms with Gasteiger partial charge in [-0.1, -0.05) is 12.1 Å². The molecular formula is C20H24N2O4S. The molecule has 0 radical (unpaired) electrons. The van der Waals surface area contributed by atoms with E-state index in [1.54, 1.807) is 6.07 Å². The highest BCUT2D eigenvalue weighted by atomic mass is 32.2. The Morgan fingerprint density at radius 3 is 2.48 bits per heavy atom. The first-order valence-corrected chi connectivity index (χ1v) is 9.69. The maximum Gasteiger partial charge on any atom is 0.316 e. The highest BCUT2D eigenvalue weighted by Crippen LogP contribution is 2.14. The number of nitrogens with zero attached hydrogens (tertiary/aromatic N) is 1. The summed E-state index contributed by atoms with van der Waals surface area (Å²) in [5.41, 5.74) is 4.15. The van der Waals surface area contributed by atoms with Gasteiger partial charge >= 0.3 is 5.97 Å². The van der Waals surface area contributed by atoms with E-state index in [1.165, 1.54) is 0 Å². The van der Waals surface area contributed by atoms with E-state index in [9.17, 15) is 14.4 Å². The summed E-state index contributed by atoms with van der Waals surface area (Å²) in [6, 6.07) is 9.27. The Balaban J connectivity index is 1.70. The highest BCUT2D eigenvalue weighted by Gasteiger charge is 2.16. The number of rotatable bonds is 8. The fraction of sp³-hybridized carbons (Fsp3) is 0.350. The van der Waals surface area contributed by atoms with Crippen LogP contribution in [0.1, 0.15) is 27.3 Å². The molecule has 0 unspecified atom stereocenters. The third kappa shape index (κ3) is 5.99. The lowest BCUT2D eigenvalue weighted by Gasteiger charge is -2.06. The molecule has 1 aromatic heterocycles. The zero-order valence-corrected chi connectivity index (χ0v) is 16.8. The van der Waals surface area contributed by atoms with E-state index in [2.05, 4.69) is 5.32 Å². The van der Waals surface area contributed by atoms with Crippen molar-refractivity contribution in [3.05, 3.63) is 52.8 Å². The summed E-state index contributed by atoms with van der Waals surface area (Å²) in [6.07, 6.45) is 0. The van der Waals surface area contributed by atoms with Crippen LogP contribution in [0, 0.1) is 20.8 Å². The minimum Gasteiger partial charge on any atom is -0.457 e. The highest BCUT2D eigenvalue weighted by molar-refractivity contribution is 8.00. The van der Waals surface area contributed by atoms with E-state index >= 15 is 0 Å². The van der Waals surface area contributed by atoms with Gasteiger partial charge in [-0.25, -0.2) is 0 Å². The van der Waals surface area contributed by atoms with Crippen LogP contribution in [0.2, 0.25) is 0 Å². The molecule has 2 rings (SSSR count). The third-order valence-corrected chi connectivity index (χ3v) is 5.10. The van der Waals surface area contributed by atoms with Crippen molar-refractivity contribution >= 4 is 35.1 Å². The van der Waals surface area contributed by atoms with E-state index in [-0.39, 0.29) is 29.8 Å². The number of carbonyl (C=O) groups excluding carboxylic acids is 3. The van der Waals surface area contributed by atoms with Crippen molar-refractivity contribution in [3.8, 4) is 0 Å². The predicted molar refractivity (Wildman–Crippen MR) is 107 cm³/mol. The topological polar surface area (TPSA) is 77.4 Å². The van der Waals surface area contributed by atoms with Gasteiger partial charge in [0, 0.05) is 29.7 Å². The molecule has 0 saturated heterocycles. The molecule has 1 aromatic carbocycles. The number of hydrogen-bond donors (Lipinski definition) is 1. The first-order valence-electron chi connectivity index (χ1n) is 8.54. The molecule has 0 atom stereocenters. The number of aryl methyl sites for hydroxylation is 2. The van der Waals surface area contributed by atoms with Crippen LogP contribution in [-0.2, 0) is 21.4 Å². The molecule has 2 aromatic rings. The van der Waals surface area contributed by atoms with Gasteiger partial charge in [0.15, 0.2) is 6.61 Å². The van der Waals surface area contributed by atoms with Gasteiger partial charge in [-0.3, -0.25) is 14.4 Å². The molecule has 0 bridgehead atoms. The Morgan fingerprint density at radius 1 is 1.11 bits per heavy atom. The van der Waals surface area contributed by atoms with Crippen molar-refractivity contribution in [2.24, 2.45) is 7.05 Å². The van der Waals surface area contributed by atoms with E-state index in [1.807, 2.05) is 56.7 Å². The molecule has 1 heterocycles. The maximum atomic E-state index is 12.2. The molecule has 0 saturated carbocycles. The zero-order valence-electron chi connectivity index (χ0n) is 16.0. The van der Waals surface area contributed by atoms with Gasteiger partial charge in [-0.2, -0.15) is 0 Å². The number of Topliss-reactive ketones (excluding diaryl/α,β-unsaturated/α-hetero) is 1. The minimum atomic E-state index is -0.512. The molecule has 1 N–H and O–H groups in total. The van der Waals surface area contributed by atoms with Crippen LogP contribution in [0.25, 0.3) is 0 Å². The van der Waals surface area contributed by atoms with Crippen molar-refractivity contribution in [1.82, 2.24) is 4.57 Å². The van der Waals surface area contributed by atoms with Gasteiger partial charge in [0.25, 0.3) is 0 Å². The van der Waals surface area contributed by atoms with Gasteiger partial charge < -0.3 is 14.6 Å². The minimum absolute atomic E-state index is 0.0152. The van der Waals surface area contributed by atoms with Gasteiger partial charge in [-0.05, 0) is 44.5 Å². The number of hydrogen-bond acceptors (Lipinski definition) is 5. The molecule has 144 valence electrons. The molecule has 1 amide bonds. The lowest BCUT2D eigenvalue weighted by Crippen LogP contribution is -2.18. The number of esters is 1. The quantitative estimate of drug-likeness (QED) is 0.556. The second-order valence-electron chi connectivity index (χ2n) is 6.34. The number of anilines is 1. The number of ether oxygens (including phenoxy) is 1. The number of thioether (sulfide) groups is 1. The standard InChI is InChI=1S/C20H24N2O4S/c1-13-6-5-7-16(8-13)21-19(24)11-27-12-20(25)26-10-18(23)17-9-14(2)22(4)15(17)3/h5-9H,10-12H2,1-4H3,(H,21,24). The Hall–Kier alpha value is -2.54. The number of amides is 1. The molecule has 0 aliphatic carbocycles. The van der Waals surface area contributed by atoms with Gasteiger partial charge in [-0.15, -0.1) is 11.8 Å². The summed E-state index contributed by atoms with van der Waals surface area (Å²) >= 11 is 1.15. The summed E-state index contributed by atoms with van der Waals surface area (Å²) in [7, 11) is 1.88. The molecule has 7 heteroatoms. The molecule has 0 spiro atoms. The number of nitrogens with one attached hydrogen (secondary N) is 1. The largest absolute Gasteiger partial charge is 0.457 e. The van der Waals surface area contributed by atoms with Crippen molar-refractivity contribution in [3.63, 3.8) is 0 Å². The van der Waals surface area contributed by atoms with Crippen LogP contribution in [0.5, 0.6) is 0 Å². The Morgan fingerprint density at radius 2 is 1.85 bits per heavy atom. The third-order valence-electron chi connectivity index (χ3n) is 4.19. The summed E-state index contributed by atoms with van der Waals surface area (Å²) in [5, 5.41) is 2.77. The van der Waals surface area contributed by atoms with Crippen molar-refractivity contribution in [1.29, 1.82) is 0 Å². The SMILES string of the molecule is Cc1cccc(NC(=O)CSCC(=O)OCC(=O)c2cc(C)n(C)c2C)c1. The van der Waals surface area contributed by atoms with E-state index in [0.29, 0.717) is 5.56 Å². The Labute approximate surface area is 163 Å². The number of carbonyl (C=O) groups is 3. The summed E-state index contributed by atoms with van der Waals surface area (Å²) < 4.78 is 6.94. The van der Waals surface area contributed by atoms with Crippen molar-refractivity contribution in [2.75, 3.05) is 23.4 Å². The van der Waals surface area contributed by atoms with E-state index in [0.717, 1.165) is 34.4 Å². The first-order chi connectivity index (χ1) is 12.8. The second kappa shape index (κ2) is 9.41. The normalized spacial score (nSPS) is 10.5. The molecule has 27 heavy (non-hydrogen) atoms. The van der Waals surface area contributed by atoms with Crippen LogP contribution in [-0.4, -0.2) is 40.3 Å². The molecule has 6 nitrogen and oxygen atoms in total. The lowest BCUT2D eigenvalue weighted by molar-refractivity contribution is -0.139. The van der Waals surface area contributed by atoms with Crippen LogP contribution in [0.4, 0.5) is 5.69 Å². The van der Waals surface area contributed by atoms with Crippen LogP contribution >= 0.6 is 11.8 Å². The summed E-state index contributed by atoms with van der Waals surface area (Å²) in [4.78, 5) is 35.9. The van der Waals surface area contributed by atoms with E-state index < -0.39 is 5.97 Å². The van der Waals surface area contributed by atoms with Crippen molar-refractivity contribution < 1.29 is 19.1 Å². The Kier molecular flexibility index (Phi) is 7.24. The molecule has 0 aliphatic rings. The number of ketones is 1. The Bertz CT molecular complexity index is 858. The smallest absolute Gasteiger partial charge is 0.316 e. The lowest BCUT2D eigenvalue weighted by atomic mass is 10.1. The average Bonchev–Trinajstić information content (AvgIpc) is 2.87. The van der Waals surface area contributed by atoms with Gasteiger partial charge in [0.05, 0.1) is 11.5 Å². The average molecular weight is 388 g/mol. The number of aromatic nitrogens is 1. The second-order valence-corrected chi connectivity index (χ2v) is 7.32. The van der Waals surface area contributed by atoms with Crippen LogP contribution in [0.3, 0.4) is 0 Å². The van der Waals surface area contributed by atoms with Crippen LogP contribution < -0.4 is 5.32 Å². The van der Waals surface area contributed by atoms with Crippen LogP contribution in [0.15, 0.2) is 30.3 Å². The fourth-order valence-electron chi connectivity index (χ4n) is 2.55. The molecule has 0 aliphatic heterocycles.